The van der Waals surface area contributed by atoms with Crippen molar-refractivity contribution in [3.05, 3.63) is 28.8 Å². The topological polar surface area (TPSA) is 38.3 Å². The molecule has 5 heteroatoms. The van der Waals surface area contributed by atoms with Gasteiger partial charge in [-0.25, -0.2) is 0 Å². The van der Waals surface area contributed by atoms with Gasteiger partial charge in [0.15, 0.2) is 0 Å². The molecular weight excluding hydrogens is 258 g/mol. The van der Waals surface area contributed by atoms with E-state index in [0.29, 0.717) is 28.7 Å². The zero-order valence-corrected chi connectivity index (χ0v) is 11.1. The predicted molar refractivity (Wildman–Crippen MR) is 70.0 cm³/mol. The molecule has 92 valence electrons. The number of carbonyl (C=O) groups excluding carboxylic acids is 1. The van der Waals surface area contributed by atoms with Crippen molar-refractivity contribution in [3.8, 4) is 0 Å². The van der Waals surface area contributed by atoms with Crippen LogP contribution in [0.4, 0.5) is 0 Å². The van der Waals surface area contributed by atoms with Crippen LogP contribution in [0.1, 0.15) is 23.7 Å². The smallest absolute Gasteiger partial charge is 0.253 e. The Morgan fingerprint density at radius 1 is 1.59 bits per heavy atom. The van der Waals surface area contributed by atoms with Crippen LogP contribution in [0.5, 0.6) is 0 Å². The van der Waals surface area contributed by atoms with Crippen LogP contribution in [-0.2, 0) is 4.74 Å². The van der Waals surface area contributed by atoms with Crippen molar-refractivity contribution < 1.29 is 9.53 Å². The lowest BCUT2D eigenvalue weighted by Gasteiger charge is -2.23. The first-order valence-electron chi connectivity index (χ1n) is 5.39. The number of thiol groups is 1. The molecule has 1 N–H and O–H groups in total. The fourth-order valence-electron chi connectivity index (χ4n) is 1.79. The third-order valence-corrected chi connectivity index (χ3v) is 3.44. The Bertz CT molecular complexity index is 444. The maximum absolute atomic E-state index is 12.1. The average molecular weight is 272 g/mol. The first kappa shape index (κ1) is 12.7. The maximum Gasteiger partial charge on any atom is 0.253 e. The van der Waals surface area contributed by atoms with E-state index < -0.39 is 0 Å². The molecule has 0 radical (unpaired) electrons. The Labute approximate surface area is 111 Å². The molecule has 0 saturated carbocycles. The van der Waals surface area contributed by atoms with Crippen molar-refractivity contribution in [3.63, 3.8) is 0 Å². The van der Waals surface area contributed by atoms with Crippen molar-refractivity contribution in [1.29, 1.82) is 0 Å². The second-order valence-corrected chi connectivity index (χ2v) is 5.41. The summed E-state index contributed by atoms with van der Waals surface area (Å²) >= 11 is 10.2. The highest BCUT2D eigenvalue weighted by Gasteiger charge is 2.31. The van der Waals surface area contributed by atoms with Gasteiger partial charge in [-0.05, 0) is 31.5 Å². The minimum absolute atomic E-state index is 0.182. The monoisotopic (exact) mass is 271 g/mol. The highest BCUT2D eigenvalue weighted by molar-refractivity contribution is 7.80. The Balaban J connectivity index is 2.17. The van der Waals surface area contributed by atoms with Gasteiger partial charge in [0, 0.05) is 11.5 Å². The summed E-state index contributed by atoms with van der Waals surface area (Å²) in [4.78, 5) is 12.8. The zero-order chi connectivity index (χ0) is 12.5. The number of carbonyl (C=O) groups is 1. The van der Waals surface area contributed by atoms with E-state index in [0.717, 1.165) is 6.42 Å². The summed E-state index contributed by atoms with van der Waals surface area (Å²) in [5, 5.41) is 3.39. The van der Waals surface area contributed by atoms with Crippen LogP contribution in [0, 0.1) is 0 Å². The normalized spacial score (nSPS) is 23.7. The van der Waals surface area contributed by atoms with Gasteiger partial charge in [-0.1, -0.05) is 11.6 Å². The van der Waals surface area contributed by atoms with Crippen molar-refractivity contribution in [2.45, 2.75) is 23.8 Å². The van der Waals surface area contributed by atoms with Crippen molar-refractivity contribution in [2.24, 2.45) is 0 Å². The van der Waals surface area contributed by atoms with E-state index in [-0.39, 0.29) is 11.4 Å². The number of rotatable bonds is 2. The molecule has 1 amide bonds. The van der Waals surface area contributed by atoms with Gasteiger partial charge in [-0.2, -0.15) is 0 Å². The standard InChI is InChI=1S/C12H14ClNO2S/c1-12(4-5-16-7-12)14-11(15)9-6-8(17)2-3-10(9)13/h2-3,6,17H,4-5,7H2,1H3,(H,14,15). The molecule has 0 aliphatic carbocycles. The van der Waals surface area contributed by atoms with E-state index in [4.69, 9.17) is 16.3 Å². The molecule has 1 aliphatic rings. The van der Waals surface area contributed by atoms with Crippen molar-refractivity contribution in [2.75, 3.05) is 13.2 Å². The quantitative estimate of drug-likeness (QED) is 0.812. The van der Waals surface area contributed by atoms with Gasteiger partial charge in [0.25, 0.3) is 5.91 Å². The number of nitrogens with one attached hydrogen (secondary N) is 1. The molecule has 1 heterocycles. The summed E-state index contributed by atoms with van der Waals surface area (Å²) in [7, 11) is 0. The summed E-state index contributed by atoms with van der Waals surface area (Å²) in [5.41, 5.74) is 0.153. The lowest BCUT2D eigenvalue weighted by atomic mass is 10.0. The maximum atomic E-state index is 12.1. The number of ether oxygens (including phenoxy) is 1. The molecule has 1 atom stereocenters. The fraction of sp³-hybridized carbons (Fsp3) is 0.417. The van der Waals surface area contributed by atoms with Gasteiger partial charge < -0.3 is 10.1 Å². The van der Waals surface area contributed by atoms with Crippen LogP contribution in [0.2, 0.25) is 5.02 Å². The second kappa shape index (κ2) is 4.88. The van der Waals surface area contributed by atoms with Gasteiger partial charge >= 0.3 is 0 Å². The third kappa shape index (κ3) is 2.94. The summed E-state index contributed by atoms with van der Waals surface area (Å²) in [6.45, 7) is 3.18. The van der Waals surface area contributed by atoms with E-state index in [1.165, 1.54) is 0 Å². The molecule has 3 nitrogen and oxygen atoms in total. The van der Waals surface area contributed by atoms with Gasteiger partial charge in [0.2, 0.25) is 0 Å². The van der Waals surface area contributed by atoms with Crippen LogP contribution in [0.3, 0.4) is 0 Å². The summed E-state index contributed by atoms with van der Waals surface area (Å²) < 4.78 is 5.29. The predicted octanol–water partition coefficient (Wildman–Crippen LogP) is 2.54. The van der Waals surface area contributed by atoms with Crippen molar-refractivity contribution in [1.82, 2.24) is 5.32 Å². The van der Waals surface area contributed by atoms with Gasteiger partial charge in [0.1, 0.15) is 0 Å². The fourth-order valence-corrected chi connectivity index (χ4v) is 2.20. The van der Waals surface area contributed by atoms with Crippen LogP contribution < -0.4 is 5.32 Å². The molecule has 1 aromatic carbocycles. The SMILES string of the molecule is CC1(NC(=O)c2cc(S)ccc2Cl)CCOC1. The van der Waals surface area contributed by atoms with Crippen LogP contribution in [0.15, 0.2) is 23.1 Å². The number of amides is 1. The van der Waals surface area contributed by atoms with E-state index in [1.54, 1.807) is 18.2 Å². The van der Waals surface area contributed by atoms with Gasteiger partial charge in [-0.3, -0.25) is 4.79 Å². The first-order chi connectivity index (χ1) is 8.00. The molecule has 2 rings (SSSR count). The minimum Gasteiger partial charge on any atom is -0.379 e. The Morgan fingerprint density at radius 3 is 3.00 bits per heavy atom. The second-order valence-electron chi connectivity index (χ2n) is 4.48. The summed E-state index contributed by atoms with van der Waals surface area (Å²) in [5.74, 6) is -0.182. The van der Waals surface area contributed by atoms with E-state index >= 15 is 0 Å². The molecule has 1 fully saturated rings. The van der Waals surface area contributed by atoms with E-state index in [9.17, 15) is 4.79 Å². The molecule has 1 aromatic rings. The molecule has 1 saturated heterocycles. The number of hydrogen-bond donors (Lipinski definition) is 2. The van der Waals surface area contributed by atoms with Gasteiger partial charge in [0.05, 0.1) is 22.7 Å². The molecular formula is C12H14ClNO2S. The third-order valence-electron chi connectivity index (χ3n) is 2.83. The average Bonchev–Trinajstić information content (AvgIpc) is 2.68. The largest absolute Gasteiger partial charge is 0.379 e. The highest BCUT2D eigenvalue weighted by Crippen LogP contribution is 2.22. The van der Waals surface area contributed by atoms with E-state index in [1.807, 2.05) is 6.92 Å². The Hall–Kier alpha value is -0.710. The Kier molecular flexibility index (Phi) is 3.66. The molecule has 17 heavy (non-hydrogen) atoms. The van der Waals surface area contributed by atoms with Gasteiger partial charge in [-0.15, -0.1) is 12.6 Å². The molecule has 1 aliphatic heterocycles. The number of hydrogen-bond acceptors (Lipinski definition) is 3. The van der Waals surface area contributed by atoms with Crippen molar-refractivity contribution >= 4 is 30.1 Å². The molecule has 1 unspecified atom stereocenters. The van der Waals surface area contributed by atoms with Crippen LogP contribution in [0.25, 0.3) is 0 Å². The molecule has 0 aromatic heterocycles. The minimum atomic E-state index is -0.299. The van der Waals surface area contributed by atoms with Crippen LogP contribution >= 0.6 is 24.2 Å². The number of benzene rings is 1. The zero-order valence-electron chi connectivity index (χ0n) is 9.50. The lowest BCUT2D eigenvalue weighted by molar-refractivity contribution is 0.0890. The first-order valence-corrected chi connectivity index (χ1v) is 6.21. The summed E-state index contributed by atoms with van der Waals surface area (Å²) in [6, 6.07) is 5.09. The lowest BCUT2D eigenvalue weighted by Crippen LogP contribution is -2.46. The van der Waals surface area contributed by atoms with Crippen LogP contribution in [-0.4, -0.2) is 24.7 Å². The summed E-state index contributed by atoms with van der Waals surface area (Å²) in [6.07, 6.45) is 0.816. The molecule has 0 spiro atoms. The Morgan fingerprint density at radius 2 is 2.35 bits per heavy atom. The molecule has 0 bridgehead atoms. The number of halogens is 1. The van der Waals surface area contributed by atoms with E-state index in [2.05, 4.69) is 17.9 Å². The highest BCUT2D eigenvalue weighted by atomic mass is 35.5.